The van der Waals surface area contributed by atoms with Crippen LogP contribution in [0.4, 0.5) is 0 Å². The minimum absolute atomic E-state index is 0.115. The first-order chi connectivity index (χ1) is 12.2. The van der Waals surface area contributed by atoms with Gasteiger partial charge in [-0.1, -0.05) is 30.3 Å². The predicted molar refractivity (Wildman–Crippen MR) is 99.3 cm³/mol. The third kappa shape index (κ3) is 6.30. The minimum atomic E-state index is -0.115. The predicted octanol–water partition coefficient (Wildman–Crippen LogP) is 3.57. The highest BCUT2D eigenvalue weighted by Gasteiger charge is 2.05. The Morgan fingerprint density at radius 1 is 1.04 bits per heavy atom. The maximum atomic E-state index is 11.8. The number of carbonyl (C=O) groups excluding carboxylic acids is 1. The van der Waals surface area contributed by atoms with Crippen molar-refractivity contribution >= 4 is 12.1 Å². The van der Waals surface area contributed by atoms with Crippen LogP contribution in [0.5, 0.6) is 11.5 Å². The Labute approximate surface area is 148 Å². The van der Waals surface area contributed by atoms with Crippen LogP contribution in [0.1, 0.15) is 31.4 Å². The highest BCUT2D eigenvalue weighted by Crippen LogP contribution is 2.27. The third-order valence-electron chi connectivity index (χ3n) is 3.45. The standard InChI is InChI=1S/C20H24N2O3/c1-3-24-18-12-10-17(14-19(18)25-4-2)15-21-22-20(23)13-11-16-8-6-5-7-9-16/h5-10,12,14-15H,3-4,11,13H2,1-2H3,(H,22,23)/b21-15+. The van der Waals surface area contributed by atoms with E-state index >= 15 is 0 Å². The first-order valence-corrected chi connectivity index (χ1v) is 8.48. The van der Waals surface area contributed by atoms with Crippen molar-refractivity contribution in [1.29, 1.82) is 0 Å². The lowest BCUT2D eigenvalue weighted by Gasteiger charge is -2.11. The summed E-state index contributed by atoms with van der Waals surface area (Å²) in [6.07, 6.45) is 2.69. The summed E-state index contributed by atoms with van der Waals surface area (Å²) >= 11 is 0. The summed E-state index contributed by atoms with van der Waals surface area (Å²) in [5.41, 5.74) is 4.51. The van der Waals surface area contributed by atoms with Crippen LogP contribution >= 0.6 is 0 Å². The molecule has 0 aliphatic carbocycles. The maximum Gasteiger partial charge on any atom is 0.240 e. The van der Waals surface area contributed by atoms with Gasteiger partial charge in [0.25, 0.3) is 0 Å². The van der Waals surface area contributed by atoms with E-state index in [1.54, 1.807) is 6.21 Å². The quantitative estimate of drug-likeness (QED) is 0.561. The molecule has 0 saturated carbocycles. The zero-order chi connectivity index (χ0) is 17.9. The van der Waals surface area contributed by atoms with E-state index in [1.807, 2.05) is 62.4 Å². The zero-order valence-corrected chi connectivity index (χ0v) is 14.7. The summed E-state index contributed by atoms with van der Waals surface area (Å²) in [4.78, 5) is 11.8. The number of hydrogen-bond donors (Lipinski definition) is 1. The van der Waals surface area contributed by atoms with Crippen molar-refractivity contribution in [2.24, 2.45) is 5.10 Å². The Morgan fingerprint density at radius 2 is 1.76 bits per heavy atom. The summed E-state index contributed by atoms with van der Waals surface area (Å²) in [7, 11) is 0. The van der Waals surface area contributed by atoms with E-state index < -0.39 is 0 Å². The molecule has 0 aromatic heterocycles. The molecule has 25 heavy (non-hydrogen) atoms. The fourth-order valence-corrected chi connectivity index (χ4v) is 2.29. The highest BCUT2D eigenvalue weighted by atomic mass is 16.5. The number of benzene rings is 2. The second-order valence-corrected chi connectivity index (χ2v) is 5.35. The van der Waals surface area contributed by atoms with Gasteiger partial charge in [-0.3, -0.25) is 4.79 Å². The van der Waals surface area contributed by atoms with Gasteiger partial charge in [0.2, 0.25) is 5.91 Å². The van der Waals surface area contributed by atoms with Crippen molar-refractivity contribution in [3.63, 3.8) is 0 Å². The molecule has 0 unspecified atom stereocenters. The van der Waals surface area contributed by atoms with Crippen LogP contribution in [0.15, 0.2) is 53.6 Å². The van der Waals surface area contributed by atoms with Gasteiger partial charge >= 0.3 is 0 Å². The summed E-state index contributed by atoms with van der Waals surface area (Å²) in [6.45, 7) is 4.97. The van der Waals surface area contributed by atoms with E-state index in [9.17, 15) is 4.79 Å². The number of ether oxygens (including phenoxy) is 2. The SMILES string of the molecule is CCOc1ccc(/C=N/NC(=O)CCc2ccccc2)cc1OCC. The second-order valence-electron chi connectivity index (χ2n) is 5.35. The maximum absolute atomic E-state index is 11.8. The number of hydrogen-bond acceptors (Lipinski definition) is 4. The molecule has 1 N–H and O–H groups in total. The lowest BCUT2D eigenvalue weighted by atomic mass is 10.1. The van der Waals surface area contributed by atoms with Gasteiger partial charge in [0, 0.05) is 6.42 Å². The Bertz CT molecular complexity index is 699. The number of carbonyl (C=O) groups is 1. The molecule has 5 nitrogen and oxygen atoms in total. The van der Waals surface area contributed by atoms with Gasteiger partial charge in [-0.05, 0) is 49.6 Å². The van der Waals surface area contributed by atoms with E-state index in [1.165, 1.54) is 0 Å². The van der Waals surface area contributed by atoms with Gasteiger partial charge in [-0.25, -0.2) is 5.43 Å². The number of hydrazone groups is 1. The lowest BCUT2D eigenvalue weighted by molar-refractivity contribution is -0.121. The monoisotopic (exact) mass is 340 g/mol. The lowest BCUT2D eigenvalue weighted by Crippen LogP contribution is -2.17. The normalized spacial score (nSPS) is 10.6. The Morgan fingerprint density at radius 3 is 2.48 bits per heavy atom. The molecular weight excluding hydrogens is 316 g/mol. The summed E-state index contributed by atoms with van der Waals surface area (Å²) < 4.78 is 11.1. The smallest absolute Gasteiger partial charge is 0.240 e. The van der Waals surface area contributed by atoms with Crippen molar-refractivity contribution in [3.8, 4) is 11.5 Å². The first kappa shape index (κ1) is 18.5. The molecule has 1 amide bonds. The van der Waals surface area contributed by atoms with Crippen molar-refractivity contribution in [1.82, 2.24) is 5.43 Å². The van der Waals surface area contributed by atoms with Gasteiger partial charge in [-0.2, -0.15) is 5.10 Å². The van der Waals surface area contributed by atoms with Crippen LogP contribution in [0.25, 0.3) is 0 Å². The van der Waals surface area contributed by atoms with Crippen LogP contribution in [0.2, 0.25) is 0 Å². The number of nitrogens with zero attached hydrogens (tertiary/aromatic N) is 1. The summed E-state index contributed by atoms with van der Waals surface area (Å²) in [6, 6.07) is 15.5. The van der Waals surface area contributed by atoms with Crippen LogP contribution in [-0.2, 0) is 11.2 Å². The van der Waals surface area contributed by atoms with Crippen LogP contribution in [0, 0.1) is 0 Å². The molecule has 5 heteroatoms. The van der Waals surface area contributed by atoms with Gasteiger partial charge in [0.05, 0.1) is 19.4 Å². The summed E-state index contributed by atoms with van der Waals surface area (Å²) in [5, 5.41) is 4.01. The van der Waals surface area contributed by atoms with Gasteiger partial charge in [-0.15, -0.1) is 0 Å². The molecule has 2 aromatic rings. The van der Waals surface area contributed by atoms with E-state index in [4.69, 9.17) is 9.47 Å². The molecule has 0 aliphatic rings. The zero-order valence-electron chi connectivity index (χ0n) is 14.7. The Kier molecular flexibility index (Phi) is 7.50. The second kappa shape index (κ2) is 10.1. The van der Waals surface area contributed by atoms with E-state index in [-0.39, 0.29) is 5.91 Å². The molecule has 0 saturated heterocycles. The fourth-order valence-electron chi connectivity index (χ4n) is 2.29. The molecule has 2 aromatic carbocycles. The largest absolute Gasteiger partial charge is 0.490 e. The average molecular weight is 340 g/mol. The van der Waals surface area contributed by atoms with E-state index in [0.29, 0.717) is 37.6 Å². The van der Waals surface area contributed by atoms with E-state index in [0.717, 1.165) is 11.1 Å². The van der Waals surface area contributed by atoms with Crippen molar-refractivity contribution in [2.45, 2.75) is 26.7 Å². The molecule has 2 rings (SSSR count). The molecule has 0 spiro atoms. The average Bonchev–Trinajstić information content (AvgIpc) is 2.63. The molecule has 0 radical (unpaired) electrons. The van der Waals surface area contributed by atoms with Crippen LogP contribution in [-0.4, -0.2) is 25.3 Å². The van der Waals surface area contributed by atoms with Gasteiger partial charge < -0.3 is 9.47 Å². The topological polar surface area (TPSA) is 59.9 Å². The molecule has 0 atom stereocenters. The molecule has 0 fully saturated rings. The number of amides is 1. The number of aryl methyl sites for hydroxylation is 1. The van der Waals surface area contributed by atoms with Gasteiger partial charge in [0.15, 0.2) is 11.5 Å². The Hall–Kier alpha value is -2.82. The molecule has 132 valence electrons. The van der Waals surface area contributed by atoms with Crippen LogP contribution in [0.3, 0.4) is 0 Å². The van der Waals surface area contributed by atoms with Gasteiger partial charge in [0.1, 0.15) is 0 Å². The first-order valence-electron chi connectivity index (χ1n) is 8.48. The molecule has 0 heterocycles. The third-order valence-corrected chi connectivity index (χ3v) is 3.45. The highest BCUT2D eigenvalue weighted by molar-refractivity contribution is 5.83. The summed E-state index contributed by atoms with van der Waals surface area (Å²) in [5.74, 6) is 1.26. The molecular formula is C20H24N2O3. The Balaban J connectivity index is 1.88. The molecule has 0 aliphatic heterocycles. The molecule has 0 bridgehead atoms. The van der Waals surface area contributed by atoms with Crippen molar-refractivity contribution in [2.75, 3.05) is 13.2 Å². The number of rotatable bonds is 9. The minimum Gasteiger partial charge on any atom is -0.490 e. The van der Waals surface area contributed by atoms with E-state index in [2.05, 4.69) is 10.5 Å². The van der Waals surface area contributed by atoms with Crippen LogP contribution < -0.4 is 14.9 Å². The number of nitrogens with one attached hydrogen (secondary N) is 1. The fraction of sp³-hybridized carbons (Fsp3) is 0.300. The van der Waals surface area contributed by atoms with Crippen molar-refractivity contribution in [3.05, 3.63) is 59.7 Å². The van der Waals surface area contributed by atoms with Crippen molar-refractivity contribution < 1.29 is 14.3 Å².